The van der Waals surface area contributed by atoms with E-state index in [9.17, 15) is 9.59 Å². The van der Waals surface area contributed by atoms with Crippen LogP contribution in [0.4, 0.5) is 5.69 Å². The summed E-state index contributed by atoms with van der Waals surface area (Å²) in [4.78, 5) is 24.9. The van der Waals surface area contributed by atoms with Crippen molar-refractivity contribution >= 4 is 17.5 Å². The van der Waals surface area contributed by atoms with Crippen LogP contribution in [0.1, 0.15) is 13.3 Å². The van der Waals surface area contributed by atoms with Gasteiger partial charge < -0.3 is 19.7 Å². The van der Waals surface area contributed by atoms with E-state index >= 15 is 0 Å². The smallest absolute Gasteiger partial charge is 0.253 e. The van der Waals surface area contributed by atoms with Crippen molar-refractivity contribution in [2.24, 2.45) is 0 Å². The highest BCUT2D eigenvalue weighted by Gasteiger charge is 2.27. The molecule has 0 radical (unpaired) electrons. The number of amides is 2. The minimum Gasteiger partial charge on any atom is -0.497 e. The Kier molecular flexibility index (Phi) is 5.16. The van der Waals surface area contributed by atoms with Gasteiger partial charge in [-0.05, 0) is 24.3 Å². The lowest BCUT2D eigenvalue weighted by molar-refractivity contribution is -0.129. The van der Waals surface area contributed by atoms with Crippen molar-refractivity contribution in [3.8, 4) is 5.75 Å². The van der Waals surface area contributed by atoms with Crippen molar-refractivity contribution in [2.75, 3.05) is 31.7 Å². The van der Waals surface area contributed by atoms with Gasteiger partial charge in [-0.15, -0.1) is 0 Å². The molecule has 21 heavy (non-hydrogen) atoms. The molecule has 0 bridgehead atoms. The Hall–Kier alpha value is -2.08. The third-order valence-corrected chi connectivity index (χ3v) is 3.36. The van der Waals surface area contributed by atoms with Crippen molar-refractivity contribution in [3.63, 3.8) is 0 Å². The molecule has 2 amide bonds. The summed E-state index contributed by atoms with van der Waals surface area (Å²) >= 11 is 0. The quantitative estimate of drug-likeness (QED) is 0.877. The summed E-state index contributed by atoms with van der Waals surface area (Å²) in [6.07, 6.45) is 0.244. The molecule has 0 spiro atoms. The van der Waals surface area contributed by atoms with Crippen LogP contribution in [-0.4, -0.2) is 44.7 Å². The highest BCUT2D eigenvalue weighted by molar-refractivity contribution is 5.95. The van der Waals surface area contributed by atoms with E-state index in [1.807, 2.05) is 24.3 Å². The van der Waals surface area contributed by atoms with E-state index in [2.05, 4.69) is 5.32 Å². The third kappa shape index (κ3) is 3.95. The summed E-state index contributed by atoms with van der Waals surface area (Å²) in [6.45, 7) is 2.66. The third-order valence-electron chi connectivity index (χ3n) is 3.36. The van der Waals surface area contributed by atoms with Crippen LogP contribution >= 0.6 is 0 Å². The first kappa shape index (κ1) is 15.3. The van der Waals surface area contributed by atoms with E-state index in [0.29, 0.717) is 19.5 Å². The zero-order valence-corrected chi connectivity index (χ0v) is 12.3. The molecule has 2 rings (SSSR count). The highest BCUT2D eigenvalue weighted by Crippen LogP contribution is 2.21. The molecule has 1 atom stereocenters. The molecular formula is C15H20N2O4. The van der Waals surface area contributed by atoms with Crippen molar-refractivity contribution in [3.05, 3.63) is 24.3 Å². The lowest BCUT2D eigenvalue weighted by Gasteiger charge is -2.32. The van der Waals surface area contributed by atoms with Crippen molar-refractivity contribution < 1.29 is 19.1 Å². The Bertz CT molecular complexity index is 501. The van der Waals surface area contributed by atoms with Crippen LogP contribution in [-0.2, 0) is 14.3 Å². The number of methoxy groups -OCH3 is 1. The SMILES string of the molecule is CCC(=O)NCC1CN(c2ccc(OC)cc2)C(=O)CO1. The van der Waals surface area contributed by atoms with Crippen LogP contribution in [0.2, 0.25) is 0 Å². The topological polar surface area (TPSA) is 67.9 Å². The lowest BCUT2D eigenvalue weighted by Crippen LogP contribution is -2.50. The summed E-state index contributed by atoms with van der Waals surface area (Å²) in [7, 11) is 1.60. The first-order valence-electron chi connectivity index (χ1n) is 6.96. The average Bonchev–Trinajstić information content (AvgIpc) is 2.54. The monoisotopic (exact) mass is 292 g/mol. The van der Waals surface area contributed by atoms with Gasteiger partial charge in [-0.3, -0.25) is 9.59 Å². The standard InChI is InChI=1S/C15H20N2O4/c1-3-14(18)16-8-13-9-17(15(19)10-21-13)11-4-6-12(20-2)7-5-11/h4-7,13H,3,8-10H2,1-2H3,(H,16,18). The van der Waals surface area contributed by atoms with E-state index in [0.717, 1.165) is 11.4 Å². The number of anilines is 1. The van der Waals surface area contributed by atoms with Crippen LogP contribution in [0.15, 0.2) is 24.3 Å². The first-order chi connectivity index (χ1) is 10.1. The number of morpholine rings is 1. The van der Waals surface area contributed by atoms with E-state index in [4.69, 9.17) is 9.47 Å². The highest BCUT2D eigenvalue weighted by atomic mass is 16.5. The van der Waals surface area contributed by atoms with Crippen LogP contribution < -0.4 is 15.0 Å². The lowest BCUT2D eigenvalue weighted by atomic mass is 10.2. The number of nitrogens with zero attached hydrogens (tertiary/aromatic N) is 1. The van der Waals surface area contributed by atoms with Crippen LogP contribution in [0.3, 0.4) is 0 Å². The zero-order valence-electron chi connectivity index (χ0n) is 12.3. The van der Waals surface area contributed by atoms with Gasteiger partial charge in [0.05, 0.1) is 19.8 Å². The van der Waals surface area contributed by atoms with E-state index in [1.165, 1.54) is 0 Å². The largest absolute Gasteiger partial charge is 0.497 e. The van der Waals surface area contributed by atoms with Gasteiger partial charge in [0.1, 0.15) is 12.4 Å². The first-order valence-corrected chi connectivity index (χ1v) is 6.96. The molecule has 1 aromatic rings. The average molecular weight is 292 g/mol. The van der Waals surface area contributed by atoms with E-state index < -0.39 is 0 Å². The molecule has 0 saturated carbocycles. The molecule has 1 N–H and O–H groups in total. The molecule has 6 heteroatoms. The Morgan fingerprint density at radius 2 is 2.14 bits per heavy atom. The maximum absolute atomic E-state index is 12.0. The molecule has 6 nitrogen and oxygen atoms in total. The van der Waals surface area contributed by atoms with Gasteiger partial charge in [-0.1, -0.05) is 6.92 Å². The normalized spacial score (nSPS) is 18.5. The van der Waals surface area contributed by atoms with Crippen LogP contribution in [0, 0.1) is 0 Å². The van der Waals surface area contributed by atoms with Gasteiger partial charge in [0.25, 0.3) is 5.91 Å². The number of hydrogen-bond donors (Lipinski definition) is 1. The zero-order chi connectivity index (χ0) is 15.2. The van der Waals surface area contributed by atoms with Gasteiger partial charge in [-0.2, -0.15) is 0 Å². The summed E-state index contributed by atoms with van der Waals surface area (Å²) < 4.78 is 10.6. The number of carbonyl (C=O) groups excluding carboxylic acids is 2. The van der Waals surface area contributed by atoms with E-state index in [1.54, 1.807) is 18.9 Å². The minimum absolute atomic E-state index is 0.0218. The Balaban J connectivity index is 2.00. The van der Waals surface area contributed by atoms with Crippen LogP contribution in [0.5, 0.6) is 5.75 Å². The number of rotatable bonds is 5. The minimum atomic E-state index is -0.194. The number of nitrogens with one attached hydrogen (secondary N) is 1. The van der Waals surface area contributed by atoms with Crippen molar-refractivity contribution in [2.45, 2.75) is 19.4 Å². The molecule has 1 aliphatic heterocycles. The van der Waals surface area contributed by atoms with Crippen molar-refractivity contribution in [1.29, 1.82) is 0 Å². The molecule has 1 fully saturated rings. The Morgan fingerprint density at radius 3 is 2.76 bits per heavy atom. The summed E-state index contributed by atoms with van der Waals surface area (Å²) in [6, 6.07) is 7.30. The molecule has 114 valence electrons. The second-order valence-electron chi connectivity index (χ2n) is 4.79. The molecule has 0 aliphatic carbocycles. The molecular weight excluding hydrogens is 272 g/mol. The van der Waals surface area contributed by atoms with Crippen LogP contribution in [0.25, 0.3) is 0 Å². The molecule has 1 aromatic carbocycles. The second-order valence-corrected chi connectivity index (χ2v) is 4.79. The second kappa shape index (κ2) is 7.08. The number of benzene rings is 1. The van der Waals surface area contributed by atoms with Gasteiger partial charge in [0, 0.05) is 18.7 Å². The summed E-state index contributed by atoms with van der Waals surface area (Å²) in [5, 5.41) is 2.79. The van der Waals surface area contributed by atoms with Gasteiger partial charge in [-0.25, -0.2) is 0 Å². The summed E-state index contributed by atoms with van der Waals surface area (Å²) in [5.74, 6) is 0.635. The van der Waals surface area contributed by atoms with Gasteiger partial charge in [0.15, 0.2) is 0 Å². The maximum atomic E-state index is 12.0. The fraction of sp³-hybridized carbons (Fsp3) is 0.467. The molecule has 1 unspecified atom stereocenters. The molecule has 0 aromatic heterocycles. The Morgan fingerprint density at radius 1 is 1.43 bits per heavy atom. The predicted octanol–water partition coefficient (Wildman–Crippen LogP) is 0.953. The number of ether oxygens (including phenoxy) is 2. The van der Waals surface area contributed by atoms with Gasteiger partial charge in [0.2, 0.25) is 5.91 Å². The number of hydrogen-bond acceptors (Lipinski definition) is 4. The van der Waals surface area contributed by atoms with Crippen molar-refractivity contribution in [1.82, 2.24) is 5.32 Å². The predicted molar refractivity (Wildman–Crippen MR) is 78.4 cm³/mol. The summed E-state index contributed by atoms with van der Waals surface area (Å²) in [5.41, 5.74) is 0.802. The van der Waals surface area contributed by atoms with Gasteiger partial charge >= 0.3 is 0 Å². The molecule has 1 aliphatic rings. The fourth-order valence-corrected chi connectivity index (χ4v) is 2.11. The maximum Gasteiger partial charge on any atom is 0.253 e. The Labute approximate surface area is 124 Å². The van der Waals surface area contributed by atoms with E-state index in [-0.39, 0.29) is 24.5 Å². The molecule has 1 heterocycles. The molecule has 1 saturated heterocycles. The number of carbonyl (C=O) groups is 2. The fourth-order valence-electron chi connectivity index (χ4n) is 2.11.